The van der Waals surface area contributed by atoms with Gasteiger partial charge in [0.05, 0.1) is 13.0 Å². The van der Waals surface area contributed by atoms with Crippen molar-refractivity contribution in [2.45, 2.75) is 19.9 Å². The van der Waals surface area contributed by atoms with Gasteiger partial charge in [-0.25, -0.2) is 0 Å². The van der Waals surface area contributed by atoms with Gasteiger partial charge in [0.25, 0.3) is 0 Å². The molecule has 0 amide bonds. The number of carbonyl (C=O) groups is 1. The number of benzene rings is 1. The maximum atomic E-state index is 11.2. The van der Waals surface area contributed by atoms with Crippen molar-refractivity contribution in [1.29, 1.82) is 0 Å². The van der Waals surface area contributed by atoms with E-state index in [1.54, 1.807) is 0 Å². The van der Waals surface area contributed by atoms with E-state index in [0.29, 0.717) is 19.6 Å². The Morgan fingerprint density at radius 1 is 1.41 bits per heavy atom. The normalized spacial score (nSPS) is 10.6. The molecule has 0 saturated heterocycles. The van der Waals surface area contributed by atoms with E-state index < -0.39 is 0 Å². The van der Waals surface area contributed by atoms with Crippen LogP contribution in [0.15, 0.2) is 28.7 Å². The van der Waals surface area contributed by atoms with Crippen LogP contribution >= 0.6 is 15.9 Å². The van der Waals surface area contributed by atoms with Crippen LogP contribution in [0, 0.1) is 0 Å². The predicted molar refractivity (Wildman–Crippen MR) is 71.7 cm³/mol. The Balaban J connectivity index is 2.37. The zero-order valence-corrected chi connectivity index (χ0v) is 11.9. The van der Waals surface area contributed by atoms with Crippen LogP contribution < -0.4 is 0 Å². The molecule has 0 aromatic heterocycles. The lowest BCUT2D eigenvalue weighted by Crippen LogP contribution is -2.22. The van der Waals surface area contributed by atoms with Crippen molar-refractivity contribution in [3.63, 3.8) is 0 Å². The number of ether oxygens (including phenoxy) is 1. The zero-order chi connectivity index (χ0) is 12.7. The molecule has 0 unspecified atom stereocenters. The van der Waals surface area contributed by atoms with Crippen molar-refractivity contribution in [2.75, 3.05) is 20.2 Å². The second-order valence-corrected chi connectivity index (χ2v) is 4.74. The third kappa shape index (κ3) is 5.33. The molecule has 17 heavy (non-hydrogen) atoms. The average Bonchev–Trinajstić information content (AvgIpc) is 2.30. The molecular weight excluding hydrogens is 282 g/mol. The van der Waals surface area contributed by atoms with Crippen LogP contribution in [0.25, 0.3) is 0 Å². The quantitative estimate of drug-likeness (QED) is 0.757. The maximum Gasteiger partial charge on any atom is 0.307 e. The maximum absolute atomic E-state index is 11.2. The fraction of sp³-hybridized carbons (Fsp3) is 0.462. The van der Waals surface area contributed by atoms with E-state index in [-0.39, 0.29) is 5.97 Å². The standard InChI is InChI=1S/C13H18BrNO2/c1-3-17-13(16)8-9-15(2)10-11-6-4-5-7-12(11)14/h4-7H,3,8-10H2,1-2H3. The summed E-state index contributed by atoms with van der Waals surface area (Å²) in [5.41, 5.74) is 1.22. The molecule has 0 bridgehead atoms. The Bertz CT molecular complexity index is 368. The molecule has 0 fully saturated rings. The van der Waals surface area contributed by atoms with Crippen molar-refractivity contribution < 1.29 is 9.53 Å². The number of carbonyl (C=O) groups excluding carboxylic acids is 1. The lowest BCUT2D eigenvalue weighted by Gasteiger charge is -2.16. The number of rotatable bonds is 6. The molecular formula is C13H18BrNO2. The molecule has 0 spiro atoms. The molecule has 0 aliphatic carbocycles. The van der Waals surface area contributed by atoms with Crippen LogP contribution in [0.4, 0.5) is 0 Å². The molecule has 4 heteroatoms. The molecule has 3 nitrogen and oxygen atoms in total. The van der Waals surface area contributed by atoms with Gasteiger partial charge in [0.1, 0.15) is 0 Å². The van der Waals surface area contributed by atoms with E-state index in [2.05, 4.69) is 26.9 Å². The van der Waals surface area contributed by atoms with E-state index in [1.807, 2.05) is 32.2 Å². The van der Waals surface area contributed by atoms with Crippen LogP contribution in [0.5, 0.6) is 0 Å². The molecule has 0 aliphatic rings. The zero-order valence-electron chi connectivity index (χ0n) is 10.3. The van der Waals surface area contributed by atoms with Crippen LogP contribution in [-0.4, -0.2) is 31.1 Å². The third-order valence-electron chi connectivity index (χ3n) is 2.40. The van der Waals surface area contributed by atoms with Crippen molar-refractivity contribution in [2.24, 2.45) is 0 Å². The van der Waals surface area contributed by atoms with E-state index in [9.17, 15) is 4.79 Å². The topological polar surface area (TPSA) is 29.5 Å². The minimum atomic E-state index is -0.133. The van der Waals surface area contributed by atoms with Crippen LogP contribution in [0.1, 0.15) is 18.9 Å². The van der Waals surface area contributed by atoms with Gasteiger partial charge in [0.15, 0.2) is 0 Å². The molecule has 0 saturated carbocycles. The molecule has 0 aliphatic heterocycles. The second kappa shape index (κ2) is 7.45. The van der Waals surface area contributed by atoms with E-state index >= 15 is 0 Å². The van der Waals surface area contributed by atoms with Gasteiger partial charge in [-0.15, -0.1) is 0 Å². The van der Waals surface area contributed by atoms with E-state index in [0.717, 1.165) is 11.0 Å². The Labute approximate surface area is 111 Å². The summed E-state index contributed by atoms with van der Waals surface area (Å²) in [5, 5.41) is 0. The first-order valence-electron chi connectivity index (χ1n) is 5.71. The lowest BCUT2D eigenvalue weighted by molar-refractivity contribution is -0.143. The molecule has 94 valence electrons. The first-order valence-corrected chi connectivity index (χ1v) is 6.50. The molecule has 0 N–H and O–H groups in total. The van der Waals surface area contributed by atoms with Gasteiger partial charge in [-0.3, -0.25) is 4.79 Å². The van der Waals surface area contributed by atoms with Crippen molar-refractivity contribution in [3.8, 4) is 0 Å². The highest BCUT2D eigenvalue weighted by atomic mass is 79.9. The van der Waals surface area contributed by atoms with Crippen LogP contribution in [-0.2, 0) is 16.1 Å². The van der Waals surface area contributed by atoms with Gasteiger partial charge in [-0.2, -0.15) is 0 Å². The Kier molecular flexibility index (Phi) is 6.22. The van der Waals surface area contributed by atoms with Gasteiger partial charge in [0, 0.05) is 17.6 Å². The summed E-state index contributed by atoms with van der Waals surface area (Å²) in [6, 6.07) is 8.10. The summed E-state index contributed by atoms with van der Waals surface area (Å²) in [6.45, 7) is 3.80. The van der Waals surface area contributed by atoms with Gasteiger partial charge in [-0.1, -0.05) is 34.1 Å². The number of esters is 1. The van der Waals surface area contributed by atoms with Crippen molar-refractivity contribution in [3.05, 3.63) is 34.3 Å². The van der Waals surface area contributed by atoms with Gasteiger partial charge >= 0.3 is 5.97 Å². The Morgan fingerprint density at radius 2 is 2.12 bits per heavy atom. The first-order chi connectivity index (χ1) is 8.13. The summed E-state index contributed by atoms with van der Waals surface area (Å²) in [7, 11) is 2.00. The average molecular weight is 300 g/mol. The summed E-state index contributed by atoms with van der Waals surface area (Å²) in [5.74, 6) is -0.133. The van der Waals surface area contributed by atoms with Crippen LogP contribution in [0.2, 0.25) is 0 Å². The fourth-order valence-corrected chi connectivity index (χ4v) is 1.92. The minimum Gasteiger partial charge on any atom is -0.466 e. The highest BCUT2D eigenvalue weighted by Crippen LogP contribution is 2.17. The lowest BCUT2D eigenvalue weighted by atomic mass is 10.2. The molecule has 1 aromatic carbocycles. The summed E-state index contributed by atoms with van der Waals surface area (Å²) in [6.07, 6.45) is 0.439. The number of hydrogen-bond donors (Lipinski definition) is 0. The molecule has 0 atom stereocenters. The van der Waals surface area contributed by atoms with Crippen molar-refractivity contribution >= 4 is 21.9 Å². The van der Waals surface area contributed by atoms with Gasteiger partial charge in [0.2, 0.25) is 0 Å². The van der Waals surface area contributed by atoms with Gasteiger partial charge < -0.3 is 9.64 Å². The van der Waals surface area contributed by atoms with Crippen molar-refractivity contribution in [1.82, 2.24) is 4.90 Å². The number of halogens is 1. The summed E-state index contributed by atoms with van der Waals surface area (Å²) >= 11 is 3.51. The second-order valence-electron chi connectivity index (χ2n) is 3.88. The molecule has 1 aromatic rings. The van der Waals surface area contributed by atoms with E-state index in [1.165, 1.54) is 5.56 Å². The molecule has 0 radical (unpaired) electrons. The third-order valence-corrected chi connectivity index (χ3v) is 3.17. The Hall–Kier alpha value is -0.870. The summed E-state index contributed by atoms with van der Waals surface area (Å²) < 4.78 is 5.99. The highest BCUT2D eigenvalue weighted by Gasteiger charge is 2.07. The minimum absolute atomic E-state index is 0.133. The Morgan fingerprint density at radius 3 is 2.76 bits per heavy atom. The van der Waals surface area contributed by atoms with Crippen LogP contribution in [0.3, 0.4) is 0 Å². The highest BCUT2D eigenvalue weighted by molar-refractivity contribution is 9.10. The smallest absolute Gasteiger partial charge is 0.307 e. The number of hydrogen-bond acceptors (Lipinski definition) is 3. The summed E-state index contributed by atoms with van der Waals surface area (Å²) in [4.78, 5) is 13.3. The monoisotopic (exact) mass is 299 g/mol. The predicted octanol–water partition coefficient (Wildman–Crippen LogP) is 2.83. The molecule has 1 rings (SSSR count). The number of nitrogens with zero attached hydrogens (tertiary/aromatic N) is 1. The first kappa shape index (κ1) is 14.2. The fourth-order valence-electron chi connectivity index (χ4n) is 1.51. The van der Waals surface area contributed by atoms with E-state index in [4.69, 9.17) is 4.74 Å². The SMILES string of the molecule is CCOC(=O)CCN(C)Cc1ccccc1Br. The largest absolute Gasteiger partial charge is 0.466 e. The van der Waals surface area contributed by atoms with Gasteiger partial charge in [-0.05, 0) is 25.6 Å². The molecule has 0 heterocycles.